The maximum Gasteiger partial charge on any atom is 0.248 e. The van der Waals surface area contributed by atoms with E-state index in [1.807, 2.05) is 19.1 Å². The van der Waals surface area contributed by atoms with Crippen LogP contribution in [0.2, 0.25) is 5.02 Å². The average Bonchev–Trinajstić information content (AvgIpc) is 2.62. The molecule has 0 unspecified atom stereocenters. The van der Waals surface area contributed by atoms with Crippen molar-refractivity contribution in [3.63, 3.8) is 0 Å². The van der Waals surface area contributed by atoms with E-state index in [0.29, 0.717) is 10.5 Å². The summed E-state index contributed by atoms with van der Waals surface area (Å²) >= 11 is 23.4. The number of aryl methyl sites for hydroxylation is 1. The Labute approximate surface area is 113 Å². The molecule has 2 nitrogen and oxygen atoms in total. The van der Waals surface area contributed by atoms with Crippen molar-refractivity contribution in [3.05, 3.63) is 28.5 Å². The van der Waals surface area contributed by atoms with Gasteiger partial charge in [0.15, 0.2) is 5.82 Å². The van der Waals surface area contributed by atoms with Crippen molar-refractivity contribution in [1.82, 2.24) is 9.97 Å². The molecule has 16 heavy (non-hydrogen) atoms. The third-order valence-electron chi connectivity index (χ3n) is 2.32. The first-order chi connectivity index (χ1) is 7.43. The lowest BCUT2D eigenvalue weighted by molar-refractivity contribution is 1.05. The van der Waals surface area contributed by atoms with E-state index in [9.17, 15) is 0 Å². The Morgan fingerprint density at radius 2 is 2.00 bits per heavy atom. The Balaban J connectivity index is 2.67. The molecule has 2 rings (SSSR count). The van der Waals surface area contributed by atoms with Gasteiger partial charge in [-0.15, -0.1) is 0 Å². The van der Waals surface area contributed by atoms with Crippen molar-refractivity contribution in [1.29, 1.82) is 0 Å². The van der Waals surface area contributed by atoms with E-state index in [0.717, 1.165) is 17.5 Å². The lowest BCUT2D eigenvalue weighted by atomic mass is 10.1. The Bertz CT molecular complexity index is 527. The summed E-state index contributed by atoms with van der Waals surface area (Å²) in [6.45, 7) is 2.02. The van der Waals surface area contributed by atoms with Gasteiger partial charge >= 0.3 is 0 Å². The quantitative estimate of drug-likeness (QED) is 0.765. The number of nitrogens with zero attached hydrogens (tertiary/aromatic N) is 1. The smallest absolute Gasteiger partial charge is 0.248 e. The molecule has 1 aromatic heterocycles. The van der Waals surface area contributed by atoms with Crippen molar-refractivity contribution < 1.29 is 0 Å². The number of halogens is 4. The van der Waals surface area contributed by atoms with Gasteiger partial charge in [0.05, 0.1) is 10.5 Å². The number of H-pyrrole nitrogens is 1. The maximum absolute atomic E-state index is 6.19. The summed E-state index contributed by atoms with van der Waals surface area (Å²) < 4.78 is -1.56. The predicted molar refractivity (Wildman–Crippen MR) is 69.7 cm³/mol. The zero-order valence-electron chi connectivity index (χ0n) is 8.32. The fourth-order valence-electron chi connectivity index (χ4n) is 1.49. The fourth-order valence-corrected chi connectivity index (χ4v) is 2.10. The number of nitrogens with one attached hydrogen (secondary N) is 1. The average molecular weight is 298 g/mol. The number of aromatic amines is 1. The highest BCUT2D eigenvalue weighted by molar-refractivity contribution is 6.66. The van der Waals surface area contributed by atoms with Crippen LogP contribution in [0.3, 0.4) is 0 Å². The van der Waals surface area contributed by atoms with Gasteiger partial charge in [-0.2, -0.15) is 0 Å². The molecule has 0 spiro atoms. The summed E-state index contributed by atoms with van der Waals surface area (Å²) in [5.74, 6) is 0.280. The van der Waals surface area contributed by atoms with Crippen molar-refractivity contribution in [2.45, 2.75) is 17.1 Å². The lowest BCUT2D eigenvalue weighted by Crippen LogP contribution is -2.02. The van der Waals surface area contributed by atoms with Gasteiger partial charge in [0.25, 0.3) is 0 Å². The minimum absolute atomic E-state index is 0.280. The molecule has 2 aromatic rings. The lowest BCUT2D eigenvalue weighted by Gasteiger charge is -2.04. The molecule has 0 saturated heterocycles. The van der Waals surface area contributed by atoms with Crippen molar-refractivity contribution in [2.75, 3.05) is 0 Å². The first-order valence-electron chi connectivity index (χ1n) is 4.67. The number of benzene rings is 1. The Morgan fingerprint density at radius 3 is 2.56 bits per heavy atom. The summed E-state index contributed by atoms with van der Waals surface area (Å²) in [7, 11) is 0. The summed E-state index contributed by atoms with van der Waals surface area (Å²) in [5, 5.41) is 0.608. The monoisotopic (exact) mass is 296 g/mol. The van der Waals surface area contributed by atoms with E-state index >= 15 is 0 Å². The molecule has 0 saturated carbocycles. The Morgan fingerprint density at radius 1 is 1.31 bits per heavy atom. The van der Waals surface area contributed by atoms with E-state index in [2.05, 4.69) is 9.97 Å². The predicted octanol–water partition coefficient (Wildman–Crippen LogP) is 4.61. The zero-order valence-corrected chi connectivity index (χ0v) is 11.3. The van der Waals surface area contributed by atoms with Crippen LogP contribution in [-0.4, -0.2) is 9.97 Å². The molecule has 0 aliphatic carbocycles. The molecule has 0 aliphatic heterocycles. The van der Waals surface area contributed by atoms with E-state index in [1.165, 1.54) is 0 Å². The van der Waals surface area contributed by atoms with Gasteiger partial charge in [0.1, 0.15) is 5.52 Å². The van der Waals surface area contributed by atoms with Gasteiger partial charge in [0.2, 0.25) is 3.79 Å². The summed E-state index contributed by atoms with van der Waals surface area (Å²) in [5.41, 5.74) is 2.43. The molecule has 0 aliphatic rings. The van der Waals surface area contributed by atoms with Crippen LogP contribution in [0, 0.1) is 0 Å². The van der Waals surface area contributed by atoms with Crippen LogP contribution in [0.4, 0.5) is 0 Å². The minimum Gasteiger partial charge on any atom is -0.338 e. The van der Waals surface area contributed by atoms with Gasteiger partial charge in [0, 0.05) is 0 Å². The number of fused-ring (bicyclic) bond motifs is 1. The van der Waals surface area contributed by atoms with Crippen LogP contribution >= 0.6 is 46.4 Å². The van der Waals surface area contributed by atoms with Crippen molar-refractivity contribution in [2.24, 2.45) is 0 Å². The number of aromatic nitrogens is 2. The Kier molecular flexibility index (Phi) is 3.28. The number of hydrogen-bond donors (Lipinski definition) is 1. The summed E-state index contributed by atoms with van der Waals surface area (Å²) in [4.78, 5) is 7.15. The van der Waals surface area contributed by atoms with Crippen LogP contribution < -0.4 is 0 Å². The van der Waals surface area contributed by atoms with Crippen molar-refractivity contribution in [3.8, 4) is 0 Å². The van der Waals surface area contributed by atoms with Crippen LogP contribution in [0.1, 0.15) is 18.3 Å². The van der Waals surface area contributed by atoms with Crippen LogP contribution in [0.15, 0.2) is 12.1 Å². The molecule has 6 heteroatoms. The highest BCUT2D eigenvalue weighted by Crippen LogP contribution is 2.38. The number of imidazole rings is 1. The second-order valence-electron chi connectivity index (χ2n) is 3.37. The van der Waals surface area contributed by atoms with Gasteiger partial charge in [-0.25, -0.2) is 4.98 Å². The third-order valence-corrected chi connectivity index (χ3v) is 3.28. The largest absolute Gasteiger partial charge is 0.338 e. The fraction of sp³-hybridized carbons (Fsp3) is 0.300. The molecule has 0 fully saturated rings. The SMILES string of the molecule is CCc1ccc2[nH]c(C(Cl)(Cl)Cl)nc2c1Cl. The van der Waals surface area contributed by atoms with Gasteiger partial charge in [-0.05, 0) is 18.1 Å². The van der Waals surface area contributed by atoms with E-state index in [4.69, 9.17) is 46.4 Å². The van der Waals surface area contributed by atoms with Crippen LogP contribution in [0.25, 0.3) is 11.0 Å². The van der Waals surface area contributed by atoms with Gasteiger partial charge in [-0.3, -0.25) is 0 Å². The number of hydrogen-bond acceptors (Lipinski definition) is 1. The highest BCUT2D eigenvalue weighted by atomic mass is 35.6. The molecule has 1 N–H and O–H groups in total. The number of rotatable bonds is 1. The molecule has 1 heterocycles. The molecule has 0 amide bonds. The second-order valence-corrected chi connectivity index (χ2v) is 6.03. The van der Waals surface area contributed by atoms with Crippen LogP contribution in [-0.2, 0) is 10.2 Å². The molecular formula is C10H8Cl4N2. The summed E-state index contributed by atoms with van der Waals surface area (Å²) in [6.07, 6.45) is 0.838. The molecule has 86 valence electrons. The zero-order chi connectivity index (χ0) is 11.9. The first-order valence-corrected chi connectivity index (χ1v) is 6.19. The maximum atomic E-state index is 6.19. The van der Waals surface area contributed by atoms with Crippen molar-refractivity contribution >= 4 is 57.4 Å². The third kappa shape index (κ3) is 2.12. The molecule has 1 aromatic carbocycles. The Hall–Kier alpha value is -0.150. The van der Waals surface area contributed by atoms with Gasteiger partial charge in [-0.1, -0.05) is 59.4 Å². The molecular weight excluding hydrogens is 290 g/mol. The van der Waals surface area contributed by atoms with E-state index < -0.39 is 3.79 Å². The first kappa shape index (κ1) is 12.3. The normalized spacial score (nSPS) is 12.3. The summed E-state index contributed by atoms with van der Waals surface area (Å²) in [6, 6.07) is 3.82. The molecule has 0 atom stereocenters. The molecule has 0 radical (unpaired) electrons. The number of alkyl halides is 3. The minimum atomic E-state index is -1.56. The topological polar surface area (TPSA) is 28.7 Å². The molecule has 0 bridgehead atoms. The second kappa shape index (κ2) is 4.26. The van der Waals surface area contributed by atoms with Crippen LogP contribution in [0.5, 0.6) is 0 Å². The van der Waals surface area contributed by atoms with Gasteiger partial charge < -0.3 is 4.98 Å². The standard InChI is InChI=1S/C10H8Cl4N2/c1-2-5-3-4-6-8(7(5)11)16-9(15-6)10(12,13)14/h3-4H,2H2,1H3,(H,15,16). The van der Waals surface area contributed by atoms with E-state index in [-0.39, 0.29) is 5.82 Å². The highest BCUT2D eigenvalue weighted by Gasteiger charge is 2.27. The van der Waals surface area contributed by atoms with E-state index in [1.54, 1.807) is 0 Å².